The van der Waals surface area contributed by atoms with Crippen molar-refractivity contribution in [3.8, 4) is 5.75 Å². The Bertz CT molecular complexity index is 886. The van der Waals surface area contributed by atoms with E-state index in [9.17, 15) is 13.2 Å². The lowest BCUT2D eigenvalue weighted by Gasteiger charge is -2.10. The van der Waals surface area contributed by atoms with Gasteiger partial charge in [-0.15, -0.1) is 13.2 Å². The number of aromatic nitrogens is 2. The van der Waals surface area contributed by atoms with E-state index in [0.717, 1.165) is 29.7 Å². The van der Waals surface area contributed by atoms with Crippen LogP contribution in [-0.2, 0) is 6.42 Å². The van der Waals surface area contributed by atoms with Gasteiger partial charge in [-0.25, -0.2) is 4.98 Å². The third kappa shape index (κ3) is 5.63. The van der Waals surface area contributed by atoms with Crippen LogP contribution < -0.4 is 15.8 Å². The number of aryl methyl sites for hydroxylation is 1. The zero-order chi connectivity index (χ0) is 19.3. The van der Waals surface area contributed by atoms with Gasteiger partial charge in [0.2, 0.25) is 0 Å². The maximum Gasteiger partial charge on any atom is 0.573 e. The predicted molar refractivity (Wildman–Crippen MR) is 97.7 cm³/mol. The highest BCUT2D eigenvalue weighted by Crippen LogP contribution is 2.23. The second-order valence-corrected chi connectivity index (χ2v) is 5.77. The van der Waals surface area contributed by atoms with Crippen LogP contribution in [0, 0.1) is 0 Å². The number of guanidine groups is 1. The van der Waals surface area contributed by atoms with Crippen molar-refractivity contribution in [2.45, 2.75) is 19.2 Å². The number of benzene rings is 2. The Labute approximate surface area is 153 Å². The van der Waals surface area contributed by atoms with Gasteiger partial charge >= 0.3 is 6.36 Å². The minimum absolute atomic E-state index is 0.184. The summed E-state index contributed by atoms with van der Waals surface area (Å²) >= 11 is 0. The summed E-state index contributed by atoms with van der Waals surface area (Å²) in [6, 6.07) is 13.1. The van der Waals surface area contributed by atoms with Crippen LogP contribution in [0.1, 0.15) is 12.2 Å². The molecular weight excluding hydrogens is 359 g/mol. The molecule has 0 bridgehead atoms. The van der Waals surface area contributed by atoms with Crippen LogP contribution in [0.3, 0.4) is 0 Å². The van der Waals surface area contributed by atoms with Crippen LogP contribution in [0.2, 0.25) is 0 Å². The molecule has 27 heavy (non-hydrogen) atoms. The minimum Gasteiger partial charge on any atom is -0.406 e. The van der Waals surface area contributed by atoms with Gasteiger partial charge in [-0.3, -0.25) is 4.99 Å². The highest BCUT2D eigenvalue weighted by Gasteiger charge is 2.30. The number of imidazole rings is 1. The Morgan fingerprint density at radius 3 is 2.59 bits per heavy atom. The van der Waals surface area contributed by atoms with Crippen molar-refractivity contribution in [3.63, 3.8) is 0 Å². The van der Waals surface area contributed by atoms with Crippen molar-refractivity contribution in [1.82, 2.24) is 9.97 Å². The highest BCUT2D eigenvalue weighted by molar-refractivity contribution is 5.92. The number of hydrogen-bond donors (Lipinski definition) is 3. The molecule has 0 aliphatic rings. The Morgan fingerprint density at radius 2 is 1.89 bits per heavy atom. The van der Waals surface area contributed by atoms with E-state index in [-0.39, 0.29) is 11.7 Å². The van der Waals surface area contributed by atoms with Gasteiger partial charge in [0.25, 0.3) is 0 Å². The van der Waals surface area contributed by atoms with Crippen molar-refractivity contribution in [2.24, 2.45) is 10.7 Å². The lowest BCUT2D eigenvalue weighted by Crippen LogP contribution is -2.23. The molecule has 1 heterocycles. The molecule has 2 aromatic carbocycles. The molecule has 0 saturated carbocycles. The molecule has 0 atom stereocenters. The first-order chi connectivity index (χ1) is 12.9. The van der Waals surface area contributed by atoms with Gasteiger partial charge in [0, 0.05) is 18.7 Å². The monoisotopic (exact) mass is 377 g/mol. The SMILES string of the molecule is NC(=NCCCc1nc2ccccc2[nH]1)Nc1ccc(OC(F)(F)F)cc1. The number of hydrogen-bond acceptors (Lipinski definition) is 3. The summed E-state index contributed by atoms with van der Waals surface area (Å²) in [4.78, 5) is 11.9. The van der Waals surface area contributed by atoms with Crippen molar-refractivity contribution in [3.05, 3.63) is 54.4 Å². The van der Waals surface area contributed by atoms with Crippen LogP contribution in [0.4, 0.5) is 18.9 Å². The van der Waals surface area contributed by atoms with Gasteiger partial charge in [-0.05, 0) is 42.8 Å². The first-order valence-electron chi connectivity index (χ1n) is 8.25. The number of anilines is 1. The van der Waals surface area contributed by atoms with Gasteiger partial charge in [0.05, 0.1) is 11.0 Å². The Morgan fingerprint density at radius 1 is 1.15 bits per heavy atom. The number of para-hydroxylation sites is 2. The molecule has 3 aromatic rings. The molecule has 3 rings (SSSR count). The number of aromatic amines is 1. The summed E-state index contributed by atoms with van der Waals surface area (Å²) in [5.74, 6) is 0.775. The first kappa shape index (κ1) is 18.6. The van der Waals surface area contributed by atoms with Crippen LogP contribution in [0.5, 0.6) is 5.75 Å². The summed E-state index contributed by atoms with van der Waals surface area (Å²) in [6.07, 6.45) is -3.23. The molecule has 6 nitrogen and oxygen atoms in total. The number of alkyl halides is 3. The largest absolute Gasteiger partial charge is 0.573 e. The molecule has 0 spiro atoms. The number of ether oxygens (including phenoxy) is 1. The molecule has 0 radical (unpaired) electrons. The smallest absolute Gasteiger partial charge is 0.406 e. The summed E-state index contributed by atoms with van der Waals surface area (Å²) in [6.45, 7) is 0.491. The fourth-order valence-corrected chi connectivity index (χ4v) is 2.50. The van der Waals surface area contributed by atoms with E-state index in [1.807, 2.05) is 24.3 Å². The highest BCUT2D eigenvalue weighted by atomic mass is 19.4. The fraction of sp³-hybridized carbons (Fsp3) is 0.222. The molecule has 0 aliphatic heterocycles. The number of H-pyrrole nitrogens is 1. The standard InChI is InChI=1S/C18H18F3N5O/c19-18(20,21)27-13-9-7-12(8-10-13)24-17(22)23-11-3-6-16-25-14-4-1-2-5-15(14)26-16/h1-2,4-5,7-10H,3,6,11H2,(H,25,26)(H3,22,23,24). The second-order valence-electron chi connectivity index (χ2n) is 5.77. The average Bonchev–Trinajstić information content (AvgIpc) is 3.02. The average molecular weight is 377 g/mol. The van der Waals surface area contributed by atoms with Crippen molar-refractivity contribution in [2.75, 3.05) is 11.9 Å². The van der Waals surface area contributed by atoms with Crippen LogP contribution in [0.25, 0.3) is 11.0 Å². The molecule has 0 aliphatic carbocycles. The second kappa shape index (κ2) is 7.98. The minimum atomic E-state index is -4.71. The topological polar surface area (TPSA) is 88.3 Å². The number of aliphatic imine (C=N–C) groups is 1. The third-order valence-corrected chi connectivity index (χ3v) is 3.65. The number of nitrogens with two attached hydrogens (primary N) is 1. The van der Waals surface area contributed by atoms with E-state index in [1.54, 1.807) is 0 Å². The first-order valence-corrected chi connectivity index (χ1v) is 8.25. The quantitative estimate of drug-likeness (QED) is 0.346. The fourth-order valence-electron chi connectivity index (χ4n) is 2.50. The number of nitrogens with one attached hydrogen (secondary N) is 2. The van der Waals surface area contributed by atoms with Crippen LogP contribution >= 0.6 is 0 Å². The van der Waals surface area contributed by atoms with E-state index in [2.05, 4.69) is 25.0 Å². The van der Waals surface area contributed by atoms with E-state index in [4.69, 9.17) is 5.73 Å². The van der Waals surface area contributed by atoms with Crippen LogP contribution in [-0.4, -0.2) is 28.8 Å². The molecule has 9 heteroatoms. The summed E-state index contributed by atoms with van der Waals surface area (Å²) in [5, 5.41) is 2.82. The Kier molecular flexibility index (Phi) is 5.49. The zero-order valence-electron chi connectivity index (χ0n) is 14.3. The van der Waals surface area contributed by atoms with Gasteiger partial charge in [-0.1, -0.05) is 12.1 Å². The molecular formula is C18H18F3N5O. The summed E-state index contributed by atoms with van der Waals surface area (Å²) in [5.41, 5.74) is 8.23. The van der Waals surface area contributed by atoms with Crippen molar-refractivity contribution < 1.29 is 17.9 Å². The summed E-state index contributed by atoms with van der Waals surface area (Å²) < 4.78 is 40.2. The molecule has 0 unspecified atom stereocenters. The van der Waals surface area contributed by atoms with Gasteiger partial charge in [-0.2, -0.15) is 0 Å². The summed E-state index contributed by atoms with van der Waals surface area (Å²) in [7, 11) is 0. The molecule has 142 valence electrons. The molecule has 0 saturated heterocycles. The molecule has 4 N–H and O–H groups in total. The van der Waals surface area contributed by atoms with Gasteiger partial charge in [0.15, 0.2) is 5.96 Å². The van der Waals surface area contributed by atoms with Gasteiger partial charge in [0.1, 0.15) is 11.6 Å². The molecule has 0 fully saturated rings. The number of nitrogens with zero attached hydrogens (tertiary/aromatic N) is 2. The van der Waals surface area contributed by atoms with E-state index in [1.165, 1.54) is 24.3 Å². The maximum absolute atomic E-state index is 12.1. The molecule has 1 aromatic heterocycles. The lowest BCUT2D eigenvalue weighted by molar-refractivity contribution is -0.274. The third-order valence-electron chi connectivity index (χ3n) is 3.65. The Balaban J connectivity index is 1.46. The van der Waals surface area contributed by atoms with E-state index >= 15 is 0 Å². The predicted octanol–water partition coefficient (Wildman–Crippen LogP) is 3.82. The number of halogens is 3. The Hall–Kier alpha value is -3.23. The van der Waals surface area contributed by atoms with E-state index in [0.29, 0.717) is 12.2 Å². The maximum atomic E-state index is 12.1. The number of fused-ring (bicyclic) bond motifs is 1. The zero-order valence-corrected chi connectivity index (χ0v) is 14.3. The normalized spacial score (nSPS) is 12.3. The number of rotatable bonds is 6. The lowest BCUT2D eigenvalue weighted by atomic mass is 10.3. The molecule has 0 amide bonds. The van der Waals surface area contributed by atoms with Crippen molar-refractivity contribution in [1.29, 1.82) is 0 Å². The van der Waals surface area contributed by atoms with E-state index < -0.39 is 6.36 Å². The van der Waals surface area contributed by atoms with Crippen molar-refractivity contribution >= 4 is 22.7 Å². The van der Waals surface area contributed by atoms with Crippen LogP contribution in [0.15, 0.2) is 53.5 Å². The van der Waals surface area contributed by atoms with Gasteiger partial charge < -0.3 is 20.8 Å².